The lowest BCUT2D eigenvalue weighted by Crippen LogP contribution is -2.56. The predicted molar refractivity (Wildman–Crippen MR) is 124 cm³/mol. The van der Waals surface area contributed by atoms with Crippen molar-refractivity contribution in [2.45, 2.75) is 30.8 Å². The number of benzene rings is 2. The zero-order valence-corrected chi connectivity index (χ0v) is 18.5. The summed E-state index contributed by atoms with van der Waals surface area (Å²) in [4.78, 5) is 36.4. The summed E-state index contributed by atoms with van der Waals surface area (Å²) in [6.45, 7) is 0.545. The second-order valence-electron chi connectivity index (χ2n) is 7.17. The summed E-state index contributed by atoms with van der Waals surface area (Å²) in [7, 11) is 0. The molecule has 31 heavy (non-hydrogen) atoms. The highest BCUT2D eigenvalue weighted by Gasteiger charge is 2.28. The van der Waals surface area contributed by atoms with Gasteiger partial charge in [0.05, 0.1) is 5.75 Å². The van der Waals surface area contributed by atoms with Crippen molar-refractivity contribution >= 4 is 46.8 Å². The maximum Gasteiger partial charge on any atom is 0.234 e. The molecule has 0 saturated carbocycles. The Morgan fingerprint density at radius 1 is 1.10 bits per heavy atom. The largest absolute Gasteiger partial charge is 0.356 e. The van der Waals surface area contributed by atoms with Crippen molar-refractivity contribution in [3.05, 3.63) is 65.2 Å². The van der Waals surface area contributed by atoms with Gasteiger partial charge in [-0.15, -0.1) is 11.8 Å². The molecule has 9 heteroatoms. The van der Waals surface area contributed by atoms with Crippen molar-refractivity contribution in [2.75, 3.05) is 17.6 Å². The number of halogens is 1. The molecule has 0 radical (unpaired) electrons. The van der Waals surface area contributed by atoms with Gasteiger partial charge in [0.1, 0.15) is 5.50 Å². The standard InChI is InChI=1S/C22H25ClN4O3S/c23-16-7-4-8-17(11-16)25-21(30)14-31-22-26-18(13-20(29)27-22)12-19(28)24-10-9-15-5-2-1-3-6-15/h1-8,11,18,22,26H,9-10,12-14H2,(H,24,28)(H,25,30)(H,27,29). The SMILES string of the molecule is O=C(CC1CC(=O)NC(SCC(=O)Nc2cccc(Cl)c2)N1)NCCc1ccccc1. The van der Waals surface area contributed by atoms with Gasteiger partial charge in [-0.2, -0.15) is 0 Å². The molecule has 2 aromatic rings. The van der Waals surface area contributed by atoms with E-state index in [1.165, 1.54) is 11.8 Å². The molecule has 2 unspecified atom stereocenters. The lowest BCUT2D eigenvalue weighted by molar-refractivity contribution is -0.125. The third-order valence-corrected chi connectivity index (χ3v) is 5.86. The van der Waals surface area contributed by atoms with Crippen LogP contribution in [0.5, 0.6) is 0 Å². The van der Waals surface area contributed by atoms with E-state index in [-0.39, 0.29) is 42.4 Å². The summed E-state index contributed by atoms with van der Waals surface area (Å²) in [6.07, 6.45) is 1.18. The molecule has 7 nitrogen and oxygen atoms in total. The van der Waals surface area contributed by atoms with Gasteiger partial charge in [0.2, 0.25) is 17.7 Å². The molecule has 3 amide bonds. The first-order valence-electron chi connectivity index (χ1n) is 10.0. The Balaban J connectivity index is 1.39. The van der Waals surface area contributed by atoms with E-state index in [9.17, 15) is 14.4 Å². The minimum Gasteiger partial charge on any atom is -0.356 e. The van der Waals surface area contributed by atoms with E-state index in [0.29, 0.717) is 17.3 Å². The molecule has 1 fully saturated rings. The Labute approximate surface area is 190 Å². The molecule has 3 rings (SSSR count). The highest BCUT2D eigenvalue weighted by molar-refractivity contribution is 8.00. The molecule has 1 heterocycles. The third kappa shape index (κ3) is 8.24. The second kappa shape index (κ2) is 11.7. The molecule has 4 N–H and O–H groups in total. The molecule has 2 aromatic carbocycles. The van der Waals surface area contributed by atoms with Crippen molar-refractivity contribution in [2.24, 2.45) is 0 Å². The average molecular weight is 461 g/mol. The van der Waals surface area contributed by atoms with Crippen molar-refractivity contribution in [1.29, 1.82) is 0 Å². The van der Waals surface area contributed by atoms with E-state index in [4.69, 9.17) is 11.6 Å². The average Bonchev–Trinajstić information content (AvgIpc) is 2.73. The number of hydrogen-bond acceptors (Lipinski definition) is 5. The lowest BCUT2D eigenvalue weighted by Gasteiger charge is -2.30. The fourth-order valence-electron chi connectivity index (χ4n) is 3.17. The molecule has 2 atom stereocenters. The van der Waals surface area contributed by atoms with Gasteiger partial charge in [0.25, 0.3) is 0 Å². The van der Waals surface area contributed by atoms with Crippen LogP contribution in [0.15, 0.2) is 54.6 Å². The van der Waals surface area contributed by atoms with Gasteiger partial charge in [-0.05, 0) is 30.2 Å². The Bertz CT molecular complexity index is 913. The molecule has 1 saturated heterocycles. The first kappa shape index (κ1) is 23.1. The first-order valence-corrected chi connectivity index (χ1v) is 11.4. The summed E-state index contributed by atoms with van der Waals surface area (Å²) in [5.74, 6) is -0.316. The fraction of sp³-hybridized carbons (Fsp3) is 0.318. The molecule has 0 spiro atoms. The zero-order valence-electron chi connectivity index (χ0n) is 16.9. The minimum absolute atomic E-state index is 0.106. The molecule has 1 aliphatic rings. The van der Waals surface area contributed by atoms with Gasteiger partial charge >= 0.3 is 0 Å². The molecule has 1 aliphatic heterocycles. The Morgan fingerprint density at radius 2 is 1.90 bits per heavy atom. The normalized spacial score (nSPS) is 18.2. The number of thioether (sulfide) groups is 1. The van der Waals surface area contributed by atoms with Gasteiger partial charge in [0.15, 0.2) is 0 Å². The maximum atomic E-state index is 12.2. The van der Waals surface area contributed by atoms with Gasteiger partial charge in [0, 0.05) is 36.1 Å². The van der Waals surface area contributed by atoms with E-state index in [2.05, 4.69) is 21.3 Å². The summed E-state index contributed by atoms with van der Waals surface area (Å²) in [5, 5.41) is 12.2. The Morgan fingerprint density at radius 3 is 2.68 bits per heavy atom. The van der Waals surface area contributed by atoms with Crippen LogP contribution in [0.3, 0.4) is 0 Å². The Hall–Kier alpha value is -2.55. The highest BCUT2D eigenvalue weighted by atomic mass is 35.5. The van der Waals surface area contributed by atoms with Crippen LogP contribution in [-0.4, -0.2) is 41.6 Å². The number of nitrogens with one attached hydrogen (secondary N) is 4. The van der Waals surface area contributed by atoms with Crippen molar-refractivity contribution in [3.8, 4) is 0 Å². The molecular weight excluding hydrogens is 436 g/mol. The van der Waals surface area contributed by atoms with E-state index in [0.717, 1.165) is 12.0 Å². The van der Waals surface area contributed by atoms with Crippen molar-refractivity contribution in [1.82, 2.24) is 16.0 Å². The van der Waals surface area contributed by atoms with Crippen LogP contribution in [0, 0.1) is 0 Å². The van der Waals surface area contributed by atoms with Crippen LogP contribution in [0.25, 0.3) is 0 Å². The second-order valence-corrected chi connectivity index (χ2v) is 8.70. The Kier molecular flexibility index (Phi) is 8.75. The smallest absolute Gasteiger partial charge is 0.234 e. The molecule has 0 bridgehead atoms. The number of amides is 3. The highest BCUT2D eigenvalue weighted by Crippen LogP contribution is 2.17. The summed E-state index contributed by atoms with van der Waals surface area (Å²) < 4.78 is 0. The van der Waals surface area contributed by atoms with E-state index in [1.54, 1.807) is 24.3 Å². The number of anilines is 1. The fourth-order valence-corrected chi connectivity index (χ4v) is 4.26. The van der Waals surface area contributed by atoms with E-state index >= 15 is 0 Å². The summed E-state index contributed by atoms with van der Waals surface area (Å²) in [5.41, 5.74) is 1.34. The van der Waals surface area contributed by atoms with Crippen LogP contribution in [0.1, 0.15) is 18.4 Å². The number of rotatable bonds is 9. The number of carbonyl (C=O) groups excluding carboxylic acids is 3. The lowest BCUT2D eigenvalue weighted by atomic mass is 10.1. The van der Waals surface area contributed by atoms with Crippen molar-refractivity contribution < 1.29 is 14.4 Å². The van der Waals surface area contributed by atoms with Gasteiger partial charge in [-0.3, -0.25) is 19.7 Å². The molecule has 0 aliphatic carbocycles. The van der Waals surface area contributed by atoms with Gasteiger partial charge < -0.3 is 16.0 Å². The van der Waals surface area contributed by atoms with E-state index < -0.39 is 5.50 Å². The van der Waals surface area contributed by atoms with Crippen LogP contribution < -0.4 is 21.3 Å². The van der Waals surface area contributed by atoms with Gasteiger partial charge in [-0.25, -0.2) is 0 Å². The molecular formula is C22H25ClN4O3S. The zero-order chi connectivity index (χ0) is 22.1. The molecule has 0 aromatic heterocycles. The quantitative estimate of drug-likeness (QED) is 0.461. The monoisotopic (exact) mass is 460 g/mol. The van der Waals surface area contributed by atoms with Crippen LogP contribution >= 0.6 is 23.4 Å². The third-order valence-electron chi connectivity index (χ3n) is 4.61. The number of carbonyl (C=O) groups is 3. The van der Waals surface area contributed by atoms with E-state index in [1.807, 2.05) is 30.3 Å². The first-order chi connectivity index (χ1) is 15.0. The predicted octanol–water partition coefficient (Wildman–Crippen LogP) is 2.52. The summed E-state index contributed by atoms with van der Waals surface area (Å²) >= 11 is 7.18. The van der Waals surface area contributed by atoms with Crippen molar-refractivity contribution in [3.63, 3.8) is 0 Å². The van der Waals surface area contributed by atoms with Gasteiger partial charge in [-0.1, -0.05) is 48.0 Å². The molecule has 164 valence electrons. The maximum absolute atomic E-state index is 12.2. The van der Waals surface area contributed by atoms with Crippen LogP contribution in [-0.2, 0) is 20.8 Å². The van der Waals surface area contributed by atoms with Crippen LogP contribution in [0.4, 0.5) is 5.69 Å². The van der Waals surface area contributed by atoms with Crippen LogP contribution in [0.2, 0.25) is 5.02 Å². The minimum atomic E-state index is -0.437. The number of hydrogen-bond donors (Lipinski definition) is 4. The summed E-state index contributed by atoms with van der Waals surface area (Å²) in [6, 6.07) is 16.5. The topological polar surface area (TPSA) is 99.3 Å².